The van der Waals surface area contributed by atoms with Crippen molar-refractivity contribution in [2.24, 2.45) is 23.7 Å². The van der Waals surface area contributed by atoms with Gasteiger partial charge in [0.1, 0.15) is 0 Å². The molecule has 0 aromatic heterocycles. The number of hydrogen-bond acceptors (Lipinski definition) is 1. The summed E-state index contributed by atoms with van der Waals surface area (Å²) in [4.78, 5) is 0. The van der Waals surface area contributed by atoms with E-state index in [9.17, 15) is 4.39 Å². The van der Waals surface area contributed by atoms with Gasteiger partial charge in [0.15, 0.2) is 5.82 Å². The molecule has 19 heavy (non-hydrogen) atoms. The van der Waals surface area contributed by atoms with E-state index in [4.69, 9.17) is 11.6 Å². The van der Waals surface area contributed by atoms with Gasteiger partial charge < -0.3 is 5.32 Å². The van der Waals surface area contributed by atoms with Gasteiger partial charge in [-0.25, -0.2) is 4.39 Å². The van der Waals surface area contributed by atoms with Crippen molar-refractivity contribution >= 4 is 17.3 Å². The highest BCUT2D eigenvalue weighted by Gasteiger charge is 2.53. The first-order valence-corrected chi connectivity index (χ1v) is 7.82. The van der Waals surface area contributed by atoms with Crippen LogP contribution in [0.2, 0.25) is 5.02 Å². The molecule has 3 aliphatic rings. The van der Waals surface area contributed by atoms with Crippen molar-refractivity contribution in [3.63, 3.8) is 0 Å². The van der Waals surface area contributed by atoms with E-state index in [2.05, 4.69) is 5.32 Å². The third-order valence-electron chi connectivity index (χ3n) is 5.72. The summed E-state index contributed by atoms with van der Waals surface area (Å²) >= 11 is 5.85. The number of hydrogen-bond donors (Lipinski definition) is 1. The van der Waals surface area contributed by atoms with Crippen LogP contribution in [-0.4, -0.2) is 6.04 Å². The smallest absolute Gasteiger partial charge is 0.164 e. The van der Waals surface area contributed by atoms with Crippen LogP contribution in [0.4, 0.5) is 10.1 Å². The summed E-state index contributed by atoms with van der Waals surface area (Å²) in [5, 5.41) is 3.65. The lowest BCUT2D eigenvalue weighted by atomic mass is 9.79. The Balaban J connectivity index is 1.54. The van der Waals surface area contributed by atoms with Crippen LogP contribution in [0, 0.1) is 29.5 Å². The molecule has 0 radical (unpaired) electrons. The number of anilines is 1. The second kappa shape index (κ2) is 4.37. The van der Waals surface area contributed by atoms with E-state index < -0.39 is 0 Å². The predicted molar refractivity (Wildman–Crippen MR) is 75.9 cm³/mol. The van der Waals surface area contributed by atoms with E-state index in [0.717, 1.165) is 23.7 Å². The van der Waals surface area contributed by atoms with Gasteiger partial charge in [-0.15, -0.1) is 0 Å². The molecule has 4 rings (SSSR count). The molecule has 0 heterocycles. The van der Waals surface area contributed by atoms with Crippen LogP contribution in [0.25, 0.3) is 0 Å². The second-order valence-electron chi connectivity index (χ2n) is 6.51. The van der Waals surface area contributed by atoms with Crippen LogP contribution in [0.15, 0.2) is 18.2 Å². The van der Waals surface area contributed by atoms with E-state index in [-0.39, 0.29) is 10.8 Å². The van der Waals surface area contributed by atoms with Gasteiger partial charge >= 0.3 is 0 Å². The topological polar surface area (TPSA) is 12.0 Å². The molecular weight excluding hydrogens is 261 g/mol. The summed E-state index contributed by atoms with van der Waals surface area (Å²) in [6.07, 6.45) is 6.81. The molecule has 3 fully saturated rings. The number of nitrogens with one attached hydrogen (secondary N) is 1. The highest BCUT2D eigenvalue weighted by molar-refractivity contribution is 6.31. The van der Waals surface area contributed by atoms with Crippen molar-refractivity contribution in [2.45, 2.75) is 38.1 Å². The Morgan fingerprint density at radius 1 is 1.11 bits per heavy atom. The SMILES string of the molecule is Fc1c(Cl)cccc1NC1CC2CC1C1CCCC21. The van der Waals surface area contributed by atoms with Gasteiger partial charge in [-0.05, 0) is 61.5 Å². The zero-order valence-corrected chi connectivity index (χ0v) is 11.7. The lowest BCUT2D eigenvalue weighted by Gasteiger charge is -2.32. The predicted octanol–water partition coefficient (Wildman–Crippen LogP) is 4.72. The summed E-state index contributed by atoms with van der Waals surface area (Å²) in [5.41, 5.74) is 0.583. The van der Waals surface area contributed by atoms with E-state index >= 15 is 0 Å². The summed E-state index contributed by atoms with van der Waals surface area (Å²) in [6.45, 7) is 0. The van der Waals surface area contributed by atoms with Crippen LogP contribution in [0.3, 0.4) is 0 Å². The zero-order chi connectivity index (χ0) is 13.0. The van der Waals surface area contributed by atoms with Crippen molar-refractivity contribution in [1.29, 1.82) is 0 Å². The van der Waals surface area contributed by atoms with Crippen molar-refractivity contribution in [3.05, 3.63) is 29.0 Å². The summed E-state index contributed by atoms with van der Waals surface area (Å²) in [6, 6.07) is 5.69. The Morgan fingerprint density at radius 2 is 1.95 bits per heavy atom. The minimum atomic E-state index is -0.296. The maximum Gasteiger partial charge on any atom is 0.164 e. The molecule has 5 atom stereocenters. The molecule has 0 spiro atoms. The molecule has 5 unspecified atom stereocenters. The molecule has 3 heteroatoms. The minimum absolute atomic E-state index is 0.215. The quantitative estimate of drug-likeness (QED) is 0.826. The van der Waals surface area contributed by atoms with Gasteiger partial charge in [0.2, 0.25) is 0 Å². The summed E-state index contributed by atoms with van der Waals surface area (Å²) in [7, 11) is 0. The first kappa shape index (κ1) is 12.0. The highest BCUT2D eigenvalue weighted by atomic mass is 35.5. The average molecular weight is 280 g/mol. The largest absolute Gasteiger partial charge is 0.380 e. The fourth-order valence-electron chi connectivity index (χ4n) is 5.05. The molecule has 3 saturated carbocycles. The second-order valence-corrected chi connectivity index (χ2v) is 6.91. The van der Waals surface area contributed by atoms with E-state index in [0.29, 0.717) is 11.7 Å². The molecule has 1 N–H and O–H groups in total. The molecule has 0 amide bonds. The van der Waals surface area contributed by atoms with Gasteiger partial charge in [-0.1, -0.05) is 24.1 Å². The Labute approximate surface area is 118 Å². The molecule has 1 aromatic rings. The molecule has 0 aliphatic heterocycles. The first-order valence-electron chi connectivity index (χ1n) is 7.44. The Morgan fingerprint density at radius 3 is 2.84 bits per heavy atom. The molecule has 1 aromatic carbocycles. The van der Waals surface area contributed by atoms with Crippen LogP contribution >= 0.6 is 11.6 Å². The molecule has 0 saturated heterocycles. The van der Waals surface area contributed by atoms with Gasteiger partial charge in [0.25, 0.3) is 0 Å². The van der Waals surface area contributed by atoms with Gasteiger partial charge in [0, 0.05) is 6.04 Å². The lowest BCUT2D eigenvalue weighted by Crippen LogP contribution is -2.34. The van der Waals surface area contributed by atoms with E-state index in [1.807, 2.05) is 6.07 Å². The third kappa shape index (κ3) is 1.79. The van der Waals surface area contributed by atoms with Crippen LogP contribution in [-0.2, 0) is 0 Å². The van der Waals surface area contributed by atoms with Crippen LogP contribution in [0.5, 0.6) is 0 Å². The molecule has 3 aliphatic carbocycles. The monoisotopic (exact) mass is 279 g/mol. The standard InChI is InChI=1S/C16H19ClFN/c17-13-5-2-6-14(16(13)18)19-15-8-9-7-12(15)11-4-1-3-10(9)11/h2,5-6,9-12,15,19H,1,3-4,7-8H2. The average Bonchev–Trinajstić information content (AvgIpc) is 3.06. The minimum Gasteiger partial charge on any atom is -0.380 e. The lowest BCUT2D eigenvalue weighted by molar-refractivity contribution is 0.243. The van der Waals surface area contributed by atoms with Crippen LogP contribution in [0.1, 0.15) is 32.1 Å². The first-order chi connectivity index (χ1) is 9.24. The van der Waals surface area contributed by atoms with Gasteiger partial charge in [0.05, 0.1) is 10.7 Å². The van der Waals surface area contributed by atoms with Crippen molar-refractivity contribution in [2.75, 3.05) is 5.32 Å². The van der Waals surface area contributed by atoms with Crippen LogP contribution < -0.4 is 5.32 Å². The van der Waals surface area contributed by atoms with Crippen molar-refractivity contribution < 1.29 is 4.39 Å². The number of fused-ring (bicyclic) bond motifs is 5. The van der Waals surface area contributed by atoms with E-state index in [1.54, 1.807) is 12.1 Å². The fourth-order valence-corrected chi connectivity index (χ4v) is 5.22. The maximum atomic E-state index is 14.0. The Kier molecular flexibility index (Phi) is 2.77. The van der Waals surface area contributed by atoms with Crippen molar-refractivity contribution in [3.8, 4) is 0 Å². The Bertz CT molecular complexity index is 504. The molecule has 102 valence electrons. The number of benzene rings is 1. The summed E-state index contributed by atoms with van der Waals surface area (Å²) in [5.74, 6) is 3.23. The van der Waals surface area contributed by atoms with Crippen molar-refractivity contribution in [1.82, 2.24) is 0 Å². The van der Waals surface area contributed by atoms with Gasteiger partial charge in [-0.3, -0.25) is 0 Å². The number of halogens is 2. The highest BCUT2D eigenvalue weighted by Crippen LogP contribution is 2.59. The molecule has 1 nitrogen and oxygen atoms in total. The van der Waals surface area contributed by atoms with E-state index in [1.165, 1.54) is 32.1 Å². The molecular formula is C16H19ClFN. The van der Waals surface area contributed by atoms with Gasteiger partial charge in [-0.2, -0.15) is 0 Å². The zero-order valence-electron chi connectivity index (χ0n) is 10.9. The maximum absolute atomic E-state index is 14.0. The number of rotatable bonds is 2. The normalized spacial score (nSPS) is 39.6. The molecule has 2 bridgehead atoms. The summed E-state index contributed by atoms with van der Waals surface area (Å²) < 4.78 is 14.0. The third-order valence-corrected chi connectivity index (χ3v) is 6.01. The Hall–Kier alpha value is -0.760. The fraction of sp³-hybridized carbons (Fsp3) is 0.625.